The zero-order chi connectivity index (χ0) is 10.8. The SMILES string of the molecule is CCC[C@](C)(O)c1cc(C)cc(C)c1. The highest BCUT2D eigenvalue weighted by Crippen LogP contribution is 2.27. The maximum atomic E-state index is 10.2. The zero-order valence-electron chi connectivity index (χ0n) is 9.59. The monoisotopic (exact) mass is 192 g/mol. The van der Waals surface area contributed by atoms with E-state index >= 15 is 0 Å². The van der Waals surface area contributed by atoms with Crippen molar-refractivity contribution in [3.63, 3.8) is 0 Å². The average Bonchev–Trinajstić information content (AvgIpc) is 2.02. The van der Waals surface area contributed by atoms with E-state index in [1.165, 1.54) is 11.1 Å². The molecule has 1 aromatic carbocycles. The van der Waals surface area contributed by atoms with Crippen LogP contribution in [-0.2, 0) is 5.60 Å². The zero-order valence-corrected chi connectivity index (χ0v) is 9.59. The van der Waals surface area contributed by atoms with E-state index in [4.69, 9.17) is 0 Å². The van der Waals surface area contributed by atoms with Gasteiger partial charge in [-0.25, -0.2) is 0 Å². The quantitative estimate of drug-likeness (QED) is 0.779. The Morgan fingerprint density at radius 2 is 1.64 bits per heavy atom. The summed E-state index contributed by atoms with van der Waals surface area (Å²) in [6.45, 7) is 8.12. The molecular weight excluding hydrogens is 172 g/mol. The first-order valence-electron chi connectivity index (χ1n) is 5.27. The first-order chi connectivity index (χ1) is 6.45. The van der Waals surface area contributed by atoms with E-state index in [0.29, 0.717) is 0 Å². The van der Waals surface area contributed by atoms with Gasteiger partial charge in [0, 0.05) is 0 Å². The summed E-state index contributed by atoms with van der Waals surface area (Å²) in [6.07, 6.45) is 1.82. The van der Waals surface area contributed by atoms with Crippen LogP contribution in [-0.4, -0.2) is 5.11 Å². The lowest BCUT2D eigenvalue weighted by molar-refractivity contribution is 0.0468. The van der Waals surface area contributed by atoms with E-state index in [-0.39, 0.29) is 0 Å². The first kappa shape index (κ1) is 11.3. The van der Waals surface area contributed by atoms with Crippen molar-refractivity contribution in [1.82, 2.24) is 0 Å². The Morgan fingerprint density at radius 1 is 1.14 bits per heavy atom. The molecule has 14 heavy (non-hydrogen) atoms. The van der Waals surface area contributed by atoms with E-state index in [1.54, 1.807) is 0 Å². The lowest BCUT2D eigenvalue weighted by Crippen LogP contribution is -2.20. The highest BCUT2D eigenvalue weighted by Gasteiger charge is 2.21. The molecule has 0 aliphatic carbocycles. The second kappa shape index (κ2) is 4.14. The third-order valence-electron chi connectivity index (χ3n) is 2.58. The van der Waals surface area contributed by atoms with Crippen LogP contribution in [0.4, 0.5) is 0 Å². The molecule has 0 saturated carbocycles. The van der Waals surface area contributed by atoms with Crippen LogP contribution in [0, 0.1) is 13.8 Å². The van der Waals surface area contributed by atoms with Crippen molar-refractivity contribution in [3.8, 4) is 0 Å². The second-order valence-corrected chi connectivity index (χ2v) is 4.40. The van der Waals surface area contributed by atoms with Crippen LogP contribution >= 0.6 is 0 Å². The van der Waals surface area contributed by atoms with E-state index < -0.39 is 5.60 Å². The molecule has 0 bridgehead atoms. The van der Waals surface area contributed by atoms with Gasteiger partial charge in [0.2, 0.25) is 0 Å². The van der Waals surface area contributed by atoms with Crippen molar-refractivity contribution in [2.24, 2.45) is 0 Å². The molecule has 1 aromatic rings. The summed E-state index contributed by atoms with van der Waals surface area (Å²) in [5.74, 6) is 0. The Balaban J connectivity index is 3.05. The highest BCUT2D eigenvalue weighted by molar-refractivity contribution is 5.32. The topological polar surface area (TPSA) is 20.2 Å². The summed E-state index contributed by atoms with van der Waals surface area (Å²) >= 11 is 0. The molecule has 1 N–H and O–H groups in total. The molecule has 0 fully saturated rings. The lowest BCUT2D eigenvalue weighted by Gasteiger charge is -2.24. The molecule has 0 amide bonds. The number of aliphatic hydroxyl groups is 1. The van der Waals surface area contributed by atoms with Crippen LogP contribution in [0.15, 0.2) is 18.2 Å². The smallest absolute Gasteiger partial charge is 0.0868 e. The Bertz CT molecular complexity index is 293. The minimum atomic E-state index is -0.675. The van der Waals surface area contributed by atoms with Crippen LogP contribution in [0.25, 0.3) is 0 Å². The van der Waals surface area contributed by atoms with Gasteiger partial charge in [0.05, 0.1) is 5.60 Å². The Labute approximate surface area is 86.8 Å². The van der Waals surface area contributed by atoms with Crippen LogP contribution in [0.5, 0.6) is 0 Å². The van der Waals surface area contributed by atoms with E-state index in [2.05, 4.69) is 39.0 Å². The lowest BCUT2D eigenvalue weighted by atomic mass is 9.89. The fourth-order valence-corrected chi connectivity index (χ4v) is 1.92. The maximum Gasteiger partial charge on any atom is 0.0868 e. The first-order valence-corrected chi connectivity index (χ1v) is 5.27. The van der Waals surface area contributed by atoms with Crippen molar-refractivity contribution in [2.75, 3.05) is 0 Å². The van der Waals surface area contributed by atoms with E-state index in [9.17, 15) is 5.11 Å². The normalized spacial score (nSPS) is 15.2. The Morgan fingerprint density at radius 3 is 2.07 bits per heavy atom. The number of benzene rings is 1. The summed E-state index contributed by atoms with van der Waals surface area (Å²) in [5.41, 5.74) is 2.80. The molecule has 0 saturated heterocycles. The second-order valence-electron chi connectivity index (χ2n) is 4.40. The number of hydrogen-bond acceptors (Lipinski definition) is 1. The van der Waals surface area contributed by atoms with Gasteiger partial charge < -0.3 is 5.11 Å². The predicted molar refractivity (Wildman–Crippen MR) is 60.4 cm³/mol. The Hall–Kier alpha value is -0.820. The van der Waals surface area contributed by atoms with Gasteiger partial charge in [-0.3, -0.25) is 0 Å². The molecule has 1 nitrogen and oxygen atoms in total. The van der Waals surface area contributed by atoms with E-state index in [0.717, 1.165) is 18.4 Å². The fourth-order valence-electron chi connectivity index (χ4n) is 1.92. The average molecular weight is 192 g/mol. The van der Waals surface area contributed by atoms with Crippen LogP contribution < -0.4 is 0 Å². The van der Waals surface area contributed by atoms with Crippen molar-refractivity contribution in [1.29, 1.82) is 0 Å². The third-order valence-corrected chi connectivity index (χ3v) is 2.58. The summed E-state index contributed by atoms with van der Waals surface area (Å²) in [6, 6.07) is 6.27. The molecule has 0 heterocycles. The summed E-state index contributed by atoms with van der Waals surface area (Å²) in [7, 11) is 0. The van der Waals surface area contributed by atoms with Gasteiger partial charge in [-0.15, -0.1) is 0 Å². The van der Waals surface area contributed by atoms with Crippen molar-refractivity contribution >= 4 is 0 Å². The molecule has 0 aliphatic heterocycles. The number of rotatable bonds is 3. The minimum absolute atomic E-state index is 0.675. The minimum Gasteiger partial charge on any atom is -0.385 e. The van der Waals surface area contributed by atoms with Crippen molar-refractivity contribution in [2.45, 2.75) is 46.1 Å². The largest absolute Gasteiger partial charge is 0.385 e. The van der Waals surface area contributed by atoms with Gasteiger partial charge >= 0.3 is 0 Å². The molecule has 0 aliphatic rings. The highest BCUT2D eigenvalue weighted by atomic mass is 16.3. The molecule has 1 atom stereocenters. The van der Waals surface area contributed by atoms with Gasteiger partial charge in [0.1, 0.15) is 0 Å². The number of hydrogen-bond donors (Lipinski definition) is 1. The number of aryl methyl sites for hydroxylation is 2. The van der Waals surface area contributed by atoms with Gasteiger partial charge in [-0.2, -0.15) is 0 Å². The Kier molecular flexibility index (Phi) is 3.33. The molecule has 0 radical (unpaired) electrons. The standard InChI is InChI=1S/C13H20O/c1-5-6-13(4,14)12-8-10(2)7-11(3)9-12/h7-9,14H,5-6H2,1-4H3/t13-/m0/s1. The third kappa shape index (κ3) is 2.58. The molecule has 1 heteroatoms. The molecule has 78 valence electrons. The van der Waals surface area contributed by atoms with E-state index in [1.807, 2.05) is 6.92 Å². The predicted octanol–water partition coefficient (Wildman–Crippen LogP) is 3.31. The maximum absolute atomic E-state index is 10.2. The van der Waals surface area contributed by atoms with Crippen molar-refractivity contribution in [3.05, 3.63) is 34.9 Å². The fraction of sp³-hybridized carbons (Fsp3) is 0.538. The van der Waals surface area contributed by atoms with Gasteiger partial charge in [-0.05, 0) is 32.8 Å². The molecule has 0 aromatic heterocycles. The van der Waals surface area contributed by atoms with Gasteiger partial charge in [-0.1, -0.05) is 42.7 Å². The summed E-state index contributed by atoms with van der Waals surface area (Å²) in [5, 5.41) is 10.2. The van der Waals surface area contributed by atoms with Crippen LogP contribution in [0.3, 0.4) is 0 Å². The van der Waals surface area contributed by atoms with Gasteiger partial charge in [0.15, 0.2) is 0 Å². The van der Waals surface area contributed by atoms with Gasteiger partial charge in [0.25, 0.3) is 0 Å². The van der Waals surface area contributed by atoms with Crippen LogP contribution in [0.2, 0.25) is 0 Å². The molecule has 1 rings (SSSR count). The molecule has 0 spiro atoms. The van der Waals surface area contributed by atoms with Crippen LogP contribution in [0.1, 0.15) is 43.4 Å². The molecule has 0 unspecified atom stereocenters. The summed E-state index contributed by atoms with van der Waals surface area (Å²) in [4.78, 5) is 0. The van der Waals surface area contributed by atoms with Crippen molar-refractivity contribution < 1.29 is 5.11 Å². The molecular formula is C13H20O. The summed E-state index contributed by atoms with van der Waals surface area (Å²) < 4.78 is 0.